The van der Waals surface area contributed by atoms with Gasteiger partial charge in [0.15, 0.2) is 0 Å². The summed E-state index contributed by atoms with van der Waals surface area (Å²) in [5.74, 6) is 0. The fourth-order valence-corrected chi connectivity index (χ4v) is 1.57. The van der Waals surface area contributed by atoms with Gasteiger partial charge in [-0.15, -0.1) is 0 Å². The minimum atomic E-state index is 0.147. The molecule has 1 atom stereocenters. The van der Waals surface area contributed by atoms with E-state index in [1.807, 2.05) is 0 Å². The van der Waals surface area contributed by atoms with Crippen molar-refractivity contribution in [1.82, 2.24) is 14.9 Å². The Morgan fingerprint density at radius 3 is 1.64 bits per heavy atom. The van der Waals surface area contributed by atoms with Crippen LogP contribution in [0.25, 0.3) is 0 Å². The first-order chi connectivity index (χ1) is 4.89. The smallest absolute Gasteiger partial charge is 0.0823 e. The second-order valence-electron chi connectivity index (χ2n) is 3.83. The maximum atomic E-state index is 2.35. The summed E-state index contributed by atoms with van der Waals surface area (Å²) >= 11 is 0. The van der Waals surface area contributed by atoms with Crippen molar-refractivity contribution < 1.29 is 0 Å². The number of hydrogen-bond donors (Lipinski definition) is 0. The van der Waals surface area contributed by atoms with E-state index < -0.39 is 0 Å². The maximum Gasteiger partial charge on any atom is 0.0823 e. The van der Waals surface area contributed by atoms with Crippen LogP contribution >= 0.6 is 0 Å². The first-order valence-electron chi connectivity index (χ1n) is 4.08. The van der Waals surface area contributed by atoms with Crippen molar-refractivity contribution in [2.75, 3.05) is 21.1 Å². The summed E-state index contributed by atoms with van der Waals surface area (Å²) in [7, 11) is 6.40. The van der Waals surface area contributed by atoms with Crippen molar-refractivity contribution in [3.63, 3.8) is 0 Å². The van der Waals surface area contributed by atoms with Gasteiger partial charge in [0.25, 0.3) is 0 Å². The van der Waals surface area contributed by atoms with Crippen molar-refractivity contribution in [3.05, 3.63) is 0 Å². The number of hydrogen-bond acceptors (Lipinski definition) is 3. The number of nitrogens with zero attached hydrogens (tertiary/aromatic N) is 3. The van der Waals surface area contributed by atoms with E-state index in [0.29, 0.717) is 6.17 Å². The van der Waals surface area contributed by atoms with Crippen LogP contribution in [-0.4, -0.2) is 47.9 Å². The van der Waals surface area contributed by atoms with Crippen molar-refractivity contribution in [2.24, 2.45) is 0 Å². The summed E-state index contributed by atoms with van der Waals surface area (Å²) in [6.45, 7) is 6.67. The molecule has 0 amide bonds. The summed E-state index contributed by atoms with van der Waals surface area (Å²) in [5, 5.41) is 4.51. The monoisotopic (exact) mass is 157 g/mol. The Kier molecular flexibility index (Phi) is 1.99. The molecule has 1 rings (SSSR count). The van der Waals surface area contributed by atoms with Crippen molar-refractivity contribution in [3.8, 4) is 0 Å². The quantitative estimate of drug-likeness (QED) is 0.515. The van der Waals surface area contributed by atoms with E-state index in [9.17, 15) is 0 Å². The highest BCUT2D eigenvalue weighted by molar-refractivity contribution is 4.86. The fraction of sp³-hybridized carbons (Fsp3) is 1.00. The van der Waals surface area contributed by atoms with E-state index in [-0.39, 0.29) is 5.66 Å². The van der Waals surface area contributed by atoms with Gasteiger partial charge in [0.1, 0.15) is 0 Å². The van der Waals surface area contributed by atoms with E-state index in [1.165, 1.54) is 0 Å². The second kappa shape index (κ2) is 2.44. The van der Waals surface area contributed by atoms with Crippen LogP contribution in [0.5, 0.6) is 0 Å². The molecule has 1 aliphatic rings. The van der Waals surface area contributed by atoms with Crippen molar-refractivity contribution in [1.29, 1.82) is 0 Å². The summed E-state index contributed by atoms with van der Waals surface area (Å²) in [5.41, 5.74) is 0.147. The van der Waals surface area contributed by atoms with Crippen LogP contribution in [0.15, 0.2) is 0 Å². The van der Waals surface area contributed by atoms with E-state index in [1.54, 1.807) is 0 Å². The Morgan fingerprint density at radius 1 is 1.09 bits per heavy atom. The lowest BCUT2D eigenvalue weighted by Gasteiger charge is -2.33. The molecular formula is C8H19N3. The third-order valence-corrected chi connectivity index (χ3v) is 3.23. The van der Waals surface area contributed by atoms with Gasteiger partial charge < -0.3 is 0 Å². The highest BCUT2D eigenvalue weighted by atomic mass is 15.8. The van der Waals surface area contributed by atoms with Crippen LogP contribution in [0.4, 0.5) is 0 Å². The molecule has 3 heteroatoms. The molecule has 1 saturated heterocycles. The van der Waals surface area contributed by atoms with Gasteiger partial charge in [0, 0.05) is 14.1 Å². The van der Waals surface area contributed by atoms with Gasteiger partial charge in [-0.25, -0.2) is 10.0 Å². The van der Waals surface area contributed by atoms with Gasteiger partial charge in [0.05, 0.1) is 11.8 Å². The van der Waals surface area contributed by atoms with E-state index in [4.69, 9.17) is 0 Å². The molecule has 0 radical (unpaired) electrons. The second-order valence-corrected chi connectivity index (χ2v) is 3.83. The molecule has 3 nitrogen and oxygen atoms in total. The fourth-order valence-electron chi connectivity index (χ4n) is 1.57. The molecule has 0 saturated carbocycles. The largest absolute Gasteiger partial charge is 0.271 e. The van der Waals surface area contributed by atoms with E-state index in [0.717, 1.165) is 0 Å². The maximum absolute atomic E-state index is 2.35. The van der Waals surface area contributed by atoms with Crippen LogP contribution in [0.3, 0.4) is 0 Å². The Bertz CT molecular complexity index is 139. The Hall–Kier alpha value is -0.120. The summed E-state index contributed by atoms with van der Waals surface area (Å²) in [6, 6.07) is 0. The molecule has 0 bridgehead atoms. The minimum absolute atomic E-state index is 0.147. The lowest BCUT2D eigenvalue weighted by atomic mass is 10.2. The standard InChI is InChI=1S/C8H19N3/c1-7-9(4)8(2,3)11(6)10(7)5/h7H,1-6H3. The highest BCUT2D eigenvalue weighted by Crippen LogP contribution is 2.29. The Labute approximate surface area is 69.5 Å². The first-order valence-corrected chi connectivity index (χ1v) is 4.08. The van der Waals surface area contributed by atoms with Gasteiger partial charge in [-0.3, -0.25) is 4.90 Å². The molecule has 0 spiro atoms. The van der Waals surface area contributed by atoms with Crippen LogP contribution in [0.1, 0.15) is 20.8 Å². The van der Waals surface area contributed by atoms with Gasteiger partial charge >= 0.3 is 0 Å². The first kappa shape index (κ1) is 8.97. The topological polar surface area (TPSA) is 9.72 Å². The summed E-state index contributed by atoms with van der Waals surface area (Å²) in [6.07, 6.45) is 0.495. The molecule has 11 heavy (non-hydrogen) atoms. The normalized spacial score (nSPS) is 34.9. The Balaban J connectivity index is 2.87. The molecular weight excluding hydrogens is 138 g/mol. The third-order valence-electron chi connectivity index (χ3n) is 3.23. The highest BCUT2D eigenvalue weighted by Gasteiger charge is 2.42. The molecule has 0 aliphatic carbocycles. The number of rotatable bonds is 0. The predicted molar refractivity (Wildman–Crippen MR) is 46.8 cm³/mol. The average molecular weight is 157 g/mol. The molecule has 0 N–H and O–H groups in total. The zero-order valence-corrected chi connectivity index (χ0v) is 8.42. The molecule has 1 fully saturated rings. The van der Waals surface area contributed by atoms with Crippen molar-refractivity contribution >= 4 is 0 Å². The lowest BCUT2D eigenvalue weighted by Crippen LogP contribution is -2.46. The van der Waals surface area contributed by atoms with E-state index in [2.05, 4.69) is 56.8 Å². The van der Waals surface area contributed by atoms with Crippen LogP contribution in [-0.2, 0) is 0 Å². The van der Waals surface area contributed by atoms with Crippen LogP contribution < -0.4 is 0 Å². The molecule has 66 valence electrons. The third kappa shape index (κ3) is 1.08. The number of hydrazine groups is 1. The van der Waals surface area contributed by atoms with Crippen molar-refractivity contribution in [2.45, 2.75) is 32.6 Å². The zero-order chi connectivity index (χ0) is 8.81. The van der Waals surface area contributed by atoms with Crippen LogP contribution in [0.2, 0.25) is 0 Å². The molecule has 0 aromatic rings. The molecule has 0 aromatic carbocycles. The average Bonchev–Trinajstić information content (AvgIpc) is 2.06. The molecule has 0 aromatic heterocycles. The van der Waals surface area contributed by atoms with Gasteiger partial charge in [-0.2, -0.15) is 0 Å². The molecule has 1 heterocycles. The SMILES string of the molecule is CC1N(C)N(C)C(C)(C)N1C. The zero-order valence-electron chi connectivity index (χ0n) is 8.42. The van der Waals surface area contributed by atoms with Gasteiger partial charge in [0.2, 0.25) is 0 Å². The minimum Gasteiger partial charge on any atom is -0.271 e. The lowest BCUT2D eigenvalue weighted by molar-refractivity contribution is -0.0101. The molecule has 1 aliphatic heterocycles. The van der Waals surface area contributed by atoms with Crippen LogP contribution in [0, 0.1) is 0 Å². The Morgan fingerprint density at radius 2 is 1.55 bits per heavy atom. The van der Waals surface area contributed by atoms with Gasteiger partial charge in [-0.1, -0.05) is 0 Å². The predicted octanol–water partition coefficient (Wildman–Crippen LogP) is 0.792. The van der Waals surface area contributed by atoms with E-state index >= 15 is 0 Å². The summed E-state index contributed by atoms with van der Waals surface area (Å²) in [4.78, 5) is 2.35. The molecule has 1 unspecified atom stereocenters. The summed E-state index contributed by atoms with van der Waals surface area (Å²) < 4.78 is 0. The van der Waals surface area contributed by atoms with Gasteiger partial charge in [-0.05, 0) is 27.8 Å².